The zero-order valence-corrected chi connectivity index (χ0v) is 16.0. The van der Waals surface area contributed by atoms with E-state index >= 15 is 0 Å². The first-order valence-electron chi connectivity index (χ1n) is 8.80. The highest BCUT2D eigenvalue weighted by Gasteiger charge is 2.08. The Balaban J connectivity index is 1.92. The van der Waals surface area contributed by atoms with Crippen LogP contribution in [0, 0.1) is 11.5 Å². The van der Waals surface area contributed by atoms with E-state index in [2.05, 4.69) is 43.2 Å². The summed E-state index contributed by atoms with van der Waals surface area (Å²) >= 11 is 0. The molecular weight excluding hydrogens is 300 g/mol. The van der Waals surface area contributed by atoms with E-state index < -0.39 is 14.2 Å². The van der Waals surface area contributed by atoms with Gasteiger partial charge in [0.1, 0.15) is 14.2 Å². The molecule has 2 nitrogen and oxygen atoms in total. The van der Waals surface area contributed by atoms with Crippen molar-refractivity contribution in [1.29, 1.82) is 0 Å². The molecule has 128 valence electrons. The number of rotatable bonds is 10. The van der Waals surface area contributed by atoms with Gasteiger partial charge in [0.15, 0.2) is 0 Å². The minimum absolute atomic E-state index is 0.434. The molecule has 0 amide bonds. The highest BCUT2D eigenvalue weighted by Crippen LogP contribution is 2.08. The fourth-order valence-electron chi connectivity index (χ4n) is 2.21. The second-order valence-electron chi connectivity index (χ2n) is 7.13. The number of ether oxygens (including phenoxy) is 1. The van der Waals surface area contributed by atoms with Gasteiger partial charge in [-0.15, -0.1) is 5.54 Å². The third kappa shape index (κ3) is 12.1. The third-order valence-electron chi connectivity index (χ3n) is 3.49. The topological polar surface area (TPSA) is 29.5 Å². The van der Waals surface area contributed by atoms with E-state index in [9.17, 15) is 5.11 Å². The Hall–Kier alpha value is -1.08. The van der Waals surface area contributed by atoms with Gasteiger partial charge in [-0.3, -0.25) is 0 Å². The maximum atomic E-state index is 9.82. The van der Waals surface area contributed by atoms with Crippen molar-refractivity contribution >= 4 is 8.07 Å². The lowest BCUT2D eigenvalue weighted by Crippen LogP contribution is -2.17. The molecule has 0 saturated carbocycles. The first-order valence-corrected chi connectivity index (χ1v) is 12.3. The van der Waals surface area contributed by atoms with Gasteiger partial charge >= 0.3 is 0 Å². The van der Waals surface area contributed by atoms with Crippen LogP contribution in [0.3, 0.4) is 0 Å². The van der Waals surface area contributed by atoms with Gasteiger partial charge in [0, 0.05) is 6.61 Å². The SMILES string of the molecule is C[Si](C)(C)C#CC(O)CCCCCCCOCc1ccccc1. The molecule has 0 saturated heterocycles. The zero-order valence-electron chi connectivity index (χ0n) is 15.0. The second-order valence-corrected chi connectivity index (χ2v) is 11.9. The fourth-order valence-corrected chi connectivity index (χ4v) is 2.81. The number of aliphatic hydroxyl groups excluding tert-OH is 1. The van der Waals surface area contributed by atoms with Gasteiger partial charge < -0.3 is 9.84 Å². The molecule has 0 bridgehead atoms. The molecule has 0 aromatic heterocycles. The molecule has 23 heavy (non-hydrogen) atoms. The lowest BCUT2D eigenvalue weighted by atomic mass is 10.1. The largest absolute Gasteiger partial charge is 0.380 e. The molecule has 0 aliphatic rings. The number of hydrogen-bond acceptors (Lipinski definition) is 2. The fraction of sp³-hybridized carbons (Fsp3) is 0.600. The first-order chi connectivity index (χ1) is 11.0. The Morgan fingerprint density at radius 2 is 1.65 bits per heavy atom. The molecule has 3 heteroatoms. The van der Waals surface area contributed by atoms with E-state index in [0.717, 1.165) is 25.9 Å². The van der Waals surface area contributed by atoms with Crippen molar-refractivity contribution in [1.82, 2.24) is 0 Å². The van der Waals surface area contributed by atoms with Crippen LogP contribution in [0.2, 0.25) is 19.6 Å². The average Bonchev–Trinajstić information content (AvgIpc) is 2.51. The first kappa shape index (κ1) is 20.0. The number of aliphatic hydroxyl groups is 1. The van der Waals surface area contributed by atoms with Crippen molar-refractivity contribution in [3.8, 4) is 11.5 Å². The van der Waals surface area contributed by atoms with Crippen LogP contribution in [-0.4, -0.2) is 25.9 Å². The van der Waals surface area contributed by atoms with Crippen LogP contribution in [0.1, 0.15) is 44.1 Å². The summed E-state index contributed by atoms with van der Waals surface area (Å²) in [4.78, 5) is 0. The number of benzene rings is 1. The van der Waals surface area contributed by atoms with Gasteiger partial charge in [0.25, 0.3) is 0 Å². The molecule has 1 rings (SSSR count). The van der Waals surface area contributed by atoms with E-state index in [1.165, 1.54) is 24.8 Å². The summed E-state index contributed by atoms with van der Waals surface area (Å²) in [5.41, 5.74) is 4.47. The lowest BCUT2D eigenvalue weighted by molar-refractivity contribution is 0.116. The van der Waals surface area contributed by atoms with Crippen LogP contribution in [0.15, 0.2) is 30.3 Å². The standard InChI is InChI=1S/C20H32O2Si/c1-23(2,3)17-15-20(21)14-10-5-4-6-11-16-22-18-19-12-8-7-9-13-19/h7-9,12-13,20-21H,4-6,10-11,14,16,18H2,1-3H3. The van der Waals surface area contributed by atoms with Crippen LogP contribution < -0.4 is 0 Å². The van der Waals surface area contributed by atoms with Crippen molar-refractivity contribution in [3.05, 3.63) is 35.9 Å². The van der Waals surface area contributed by atoms with Crippen molar-refractivity contribution in [2.24, 2.45) is 0 Å². The Morgan fingerprint density at radius 3 is 2.35 bits per heavy atom. The van der Waals surface area contributed by atoms with Crippen LogP contribution >= 0.6 is 0 Å². The number of hydrogen-bond donors (Lipinski definition) is 1. The molecule has 1 aromatic carbocycles. The monoisotopic (exact) mass is 332 g/mol. The van der Waals surface area contributed by atoms with Crippen LogP contribution in [0.5, 0.6) is 0 Å². The summed E-state index contributed by atoms with van der Waals surface area (Å²) in [6.45, 7) is 8.15. The smallest absolute Gasteiger partial charge is 0.129 e. The predicted molar refractivity (Wildman–Crippen MR) is 101 cm³/mol. The molecule has 0 spiro atoms. The molecule has 0 radical (unpaired) electrons. The Morgan fingerprint density at radius 1 is 1.00 bits per heavy atom. The summed E-state index contributed by atoms with van der Waals surface area (Å²) in [5.74, 6) is 3.00. The van der Waals surface area contributed by atoms with E-state index in [1.54, 1.807) is 0 Å². The van der Waals surface area contributed by atoms with Gasteiger partial charge in [-0.25, -0.2) is 0 Å². The Kier molecular flexibility index (Phi) is 9.94. The summed E-state index contributed by atoms with van der Waals surface area (Å²) in [6, 6.07) is 10.3. The van der Waals surface area contributed by atoms with Crippen molar-refractivity contribution in [3.63, 3.8) is 0 Å². The molecule has 0 aliphatic carbocycles. The average molecular weight is 333 g/mol. The van der Waals surface area contributed by atoms with Gasteiger partial charge in [-0.05, 0) is 24.8 Å². The van der Waals surface area contributed by atoms with Crippen molar-refractivity contribution in [2.75, 3.05) is 6.61 Å². The third-order valence-corrected chi connectivity index (χ3v) is 4.39. The summed E-state index contributed by atoms with van der Waals surface area (Å²) < 4.78 is 5.67. The van der Waals surface area contributed by atoms with Crippen molar-refractivity contribution in [2.45, 2.75) is 70.9 Å². The maximum Gasteiger partial charge on any atom is 0.129 e. The molecule has 1 N–H and O–H groups in total. The predicted octanol–water partition coefficient (Wildman–Crippen LogP) is 4.79. The van der Waals surface area contributed by atoms with Crippen molar-refractivity contribution < 1.29 is 9.84 Å². The van der Waals surface area contributed by atoms with Gasteiger partial charge in [0.05, 0.1) is 6.61 Å². The molecule has 0 fully saturated rings. The minimum atomic E-state index is -1.35. The normalized spacial score (nSPS) is 12.5. The highest BCUT2D eigenvalue weighted by molar-refractivity contribution is 6.83. The van der Waals surface area contributed by atoms with Gasteiger partial charge in [-0.2, -0.15) is 0 Å². The molecule has 0 heterocycles. The lowest BCUT2D eigenvalue weighted by Gasteiger charge is -2.07. The second kappa shape index (κ2) is 11.5. The molecular formula is C20H32O2Si. The van der Waals surface area contributed by atoms with Crippen LogP contribution in [0.4, 0.5) is 0 Å². The van der Waals surface area contributed by atoms with E-state index in [4.69, 9.17) is 4.74 Å². The zero-order chi connectivity index (χ0) is 17.0. The summed E-state index contributed by atoms with van der Waals surface area (Å²) in [5, 5.41) is 9.82. The van der Waals surface area contributed by atoms with Gasteiger partial charge in [-0.1, -0.05) is 75.2 Å². The quantitative estimate of drug-likeness (QED) is 0.379. The van der Waals surface area contributed by atoms with E-state index in [1.807, 2.05) is 18.2 Å². The summed E-state index contributed by atoms with van der Waals surface area (Å²) in [6.07, 6.45) is 6.13. The highest BCUT2D eigenvalue weighted by atomic mass is 28.3. The van der Waals surface area contributed by atoms with Crippen LogP contribution in [0.25, 0.3) is 0 Å². The summed E-state index contributed by atoms with van der Waals surface area (Å²) in [7, 11) is -1.35. The molecule has 1 unspecified atom stereocenters. The Bertz CT molecular complexity index is 468. The Labute approximate surface area is 143 Å². The number of unbranched alkanes of at least 4 members (excludes halogenated alkanes) is 4. The molecule has 0 aliphatic heterocycles. The maximum absolute atomic E-state index is 9.82. The van der Waals surface area contributed by atoms with Crippen LogP contribution in [-0.2, 0) is 11.3 Å². The molecule has 1 aromatic rings. The van der Waals surface area contributed by atoms with E-state index in [-0.39, 0.29) is 0 Å². The minimum Gasteiger partial charge on any atom is -0.380 e. The van der Waals surface area contributed by atoms with E-state index in [0.29, 0.717) is 6.61 Å². The van der Waals surface area contributed by atoms with Gasteiger partial charge in [0.2, 0.25) is 0 Å². The molecule has 1 atom stereocenters.